The second-order valence-corrected chi connectivity index (χ2v) is 6.43. The van der Waals surface area contributed by atoms with Gasteiger partial charge in [-0.25, -0.2) is 9.98 Å². The Hall–Kier alpha value is -2.13. The van der Waals surface area contributed by atoms with E-state index in [1.807, 2.05) is 67.7 Å². The monoisotopic (exact) mass is 466 g/mol. The number of para-hydroxylation sites is 1. The Kier molecular flexibility index (Phi) is 7.20. The fourth-order valence-corrected chi connectivity index (χ4v) is 2.81. The molecule has 5 nitrogen and oxygen atoms in total. The predicted molar refractivity (Wildman–Crippen MR) is 114 cm³/mol. The van der Waals surface area contributed by atoms with Gasteiger partial charge in [-0.15, -0.1) is 35.3 Å². The van der Waals surface area contributed by atoms with Crippen LogP contribution in [0.25, 0.3) is 0 Å². The van der Waals surface area contributed by atoms with E-state index in [2.05, 4.69) is 15.3 Å². The highest BCUT2D eigenvalue weighted by atomic mass is 127. The molecular weight excluding hydrogens is 447 g/mol. The Labute approximate surface area is 168 Å². The highest BCUT2D eigenvalue weighted by molar-refractivity contribution is 14.0. The maximum absolute atomic E-state index is 5.95. The van der Waals surface area contributed by atoms with E-state index < -0.39 is 0 Å². The van der Waals surface area contributed by atoms with Gasteiger partial charge in [0.1, 0.15) is 11.5 Å². The third-order valence-electron chi connectivity index (χ3n) is 3.16. The van der Waals surface area contributed by atoms with Crippen LogP contribution in [0, 0.1) is 6.92 Å². The second-order valence-electron chi connectivity index (χ2n) is 5.12. The summed E-state index contributed by atoms with van der Waals surface area (Å²) in [4.78, 5) is 9.61. The highest BCUT2D eigenvalue weighted by Crippen LogP contribution is 2.23. The molecular formula is C18H19IN4OS. The quantitative estimate of drug-likeness (QED) is 0.322. The topological polar surface area (TPSA) is 72.5 Å². The van der Waals surface area contributed by atoms with E-state index in [4.69, 9.17) is 10.5 Å². The minimum Gasteiger partial charge on any atom is -0.457 e. The van der Waals surface area contributed by atoms with E-state index in [1.165, 1.54) is 0 Å². The summed E-state index contributed by atoms with van der Waals surface area (Å²) in [5, 5.41) is 4.10. The zero-order valence-corrected chi connectivity index (χ0v) is 16.8. The molecule has 0 saturated carbocycles. The molecule has 0 radical (unpaired) electrons. The van der Waals surface area contributed by atoms with Crippen molar-refractivity contribution in [2.75, 3.05) is 5.32 Å². The number of thiazole rings is 1. The van der Waals surface area contributed by atoms with Crippen molar-refractivity contribution in [1.29, 1.82) is 0 Å². The molecule has 0 spiro atoms. The number of aliphatic imine (C=N–C) groups is 1. The van der Waals surface area contributed by atoms with Gasteiger partial charge in [0.15, 0.2) is 5.96 Å². The molecule has 0 aliphatic rings. The van der Waals surface area contributed by atoms with Crippen molar-refractivity contribution in [1.82, 2.24) is 4.98 Å². The first-order valence-electron chi connectivity index (χ1n) is 7.50. The Morgan fingerprint density at radius 1 is 1.16 bits per heavy atom. The summed E-state index contributed by atoms with van der Waals surface area (Å²) in [7, 11) is 0. The number of nitrogens with zero attached hydrogens (tertiary/aromatic N) is 2. The molecule has 3 N–H and O–H groups in total. The van der Waals surface area contributed by atoms with Gasteiger partial charge in [0.2, 0.25) is 0 Å². The maximum Gasteiger partial charge on any atom is 0.193 e. The van der Waals surface area contributed by atoms with E-state index in [9.17, 15) is 0 Å². The van der Waals surface area contributed by atoms with Crippen LogP contribution in [0.5, 0.6) is 11.5 Å². The van der Waals surface area contributed by atoms with Gasteiger partial charge in [0, 0.05) is 22.8 Å². The summed E-state index contributed by atoms with van der Waals surface area (Å²) in [5.74, 6) is 1.88. The fraction of sp³-hybridized carbons (Fsp3) is 0.111. The molecule has 3 rings (SSSR count). The first-order chi connectivity index (χ1) is 11.7. The van der Waals surface area contributed by atoms with E-state index >= 15 is 0 Å². The van der Waals surface area contributed by atoms with E-state index in [1.54, 1.807) is 11.3 Å². The van der Waals surface area contributed by atoms with Gasteiger partial charge in [0.25, 0.3) is 0 Å². The number of ether oxygens (including phenoxy) is 1. The van der Waals surface area contributed by atoms with Crippen molar-refractivity contribution in [3.63, 3.8) is 0 Å². The number of nitrogens with one attached hydrogen (secondary N) is 1. The fourth-order valence-electron chi connectivity index (χ4n) is 2.09. The number of hydrogen-bond donors (Lipinski definition) is 2. The Balaban J connectivity index is 0.00000225. The molecule has 130 valence electrons. The van der Waals surface area contributed by atoms with Crippen LogP contribution >= 0.6 is 35.3 Å². The predicted octanol–water partition coefficient (Wildman–Crippen LogP) is 4.79. The molecule has 7 heteroatoms. The van der Waals surface area contributed by atoms with E-state index in [0.717, 1.165) is 27.1 Å². The summed E-state index contributed by atoms with van der Waals surface area (Å²) in [6.07, 6.45) is 1.82. The molecule has 1 heterocycles. The van der Waals surface area contributed by atoms with Crippen molar-refractivity contribution in [3.05, 3.63) is 70.7 Å². The molecule has 25 heavy (non-hydrogen) atoms. The molecule has 0 amide bonds. The summed E-state index contributed by atoms with van der Waals surface area (Å²) in [6.45, 7) is 2.49. The van der Waals surface area contributed by atoms with Crippen molar-refractivity contribution in [2.24, 2.45) is 10.7 Å². The first-order valence-corrected chi connectivity index (χ1v) is 8.32. The van der Waals surface area contributed by atoms with Crippen molar-refractivity contribution < 1.29 is 4.74 Å². The van der Waals surface area contributed by atoms with Crippen molar-refractivity contribution in [2.45, 2.75) is 13.5 Å². The third-order valence-corrected chi connectivity index (χ3v) is 4.06. The minimum absolute atomic E-state index is 0. The van der Waals surface area contributed by atoms with Crippen LogP contribution in [0.1, 0.15) is 9.88 Å². The smallest absolute Gasteiger partial charge is 0.193 e. The van der Waals surface area contributed by atoms with Gasteiger partial charge in [-0.2, -0.15) is 0 Å². The summed E-state index contributed by atoms with van der Waals surface area (Å²) in [6, 6.07) is 17.2. The van der Waals surface area contributed by atoms with Crippen molar-refractivity contribution >= 4 is 47.0 Å². The lowest BCUT2D eigenvalue weighted by Gasteiger charge is -2.09. The third kappa shape index (κ3) is 6.02. The minimum atomic E-state index is 0. The Morgan fingerprint density at radius 3 is 2.64 bits per heavy atom. The van der Waals surface area contributed by atoms with Crippen LogP contribution < -0.4 is 15.8 Å². The van der Waals surface area contributed by atoms with Gasteiger partial charge in [0.05, 0.1) is 11.6 Å². The number of hydrogen-bond acceptors (Lipinski definition) is 4. The van der Waals surface area contributed by atoms with Crippen LogP contribution in [0.2, 0.25) is 0 Å². The standard InChI is InChI=1S/C18H18N4OS.HI/c1-13-20-11-17(24-13)12-21-18(19)22-14-6-5-9-16(10-14)23-15-7-3-2-4-8-15;/h2-11H,12H2,1H3,(H3,19,21,22);1H. The Morgan fingerprint density at radius 2 is 1.92 bits per heavy atom. The molecule has 0 unspecified atom stereocenters. The van der Waals surface area contributed by atoms with Crippen LogP contribution in [0.3, 0.4) is 0 Å². The molecule has 0 atom stereocenters. The van der Waals surface area contributed by atoms with E-state index in [-0.39, 0.29) is 24.0 Å². The van der Waals surface area contributed by atoms with Gasteiger partial charge in [-0.1, -0.05) is 24.3 Å². The average Bonchev–Trinajstić information content (AvgIpc) is 3.00. The zero-order chi connectivity index (χ0) is 16.8. The van der Waals surface area contributed by atoms with Crippen molar-refractivity contribution in [3.8, 4) is 11.5 Å². The molecule has 2 aromatic carbocycles. The number of aryl methyl sites for hydroxylation is 1. The largest absolute Gasteiger partial charge is 0.457 e. The van der Waals surface area contributed by atoms with Crippen LogP contribution in [-0.2, 0) is 6.54 Å². The number of halogens is 1. The Bertz CT molecular complexity index is 836. The summed E-state index contributed by atoms with van der Waals surface area (Å²) >= 11 is 1.62. The zero-order valence-electron chi connectivity index (χ0n) is 13.7. The number of guanidine groups is 1. The first kappa shape index (κ1) is 19.2. The number of anilines is 1. The maximum atomic E-state index is 5.95. The lowest BCUT2D eigenvalue weighted by molar-refractivity contribution is 0.483. The highest BCUT2D eigenvalue weighted by Gasteiger charge is 2.01. The average molecular weight is 466 g/mol. The molecule has 0 aliphatic heterocycles. The second kappa shape index (κ2) is 9.38. The molecule has 1 aromatic heterocycles. The number of aromatic nitrogens is 1. The molecule has 0 saturated heterocycles. The van der Waals surface area contributed by atoms with Crippen LogP contribution in [0.4, 0.5) is 5.69 Å². The van der Waals surface area contributed by atoms with Crippen LogP contribution in [-0.4, -0.2) is 10.9 Å². The lowest BCUT2D eigenvalue weighted by atomic mass is 10.3. The molecule has 0 aliphatic carbocycles. The number of benzene rings is 2. The summed E-state index contributed by atoms with van der Waals surface area (Å²) in [5.41, 5.74) is 6.77. The van der Waals surface area contributed by atoms with Gasteiger partial charge in [-0.3, -0.25) is 0 Å². The number of rotatable bonds is 5. The van der Waals surface area contributed by atoms with Gasteiger partial charge in [-0.05, 0) is 31.2 Å². The molecule has 0 bridgehead atoms. The normalized spacial score (nSPS) is 10.8. The molecule has 3 aromatic rings. The number of nitrogens with two attached hydrogens (primary N) is 1. The van der Waals surface area contributed by atoms with Crippen LogP contribution in [0.15, 0.2) is 65.8 Å². The lowest BCUT2D eigenvalue weighted by Crippen LogP contribution is -2.22. The van der Waals surface area contributed by atoms with Gasteiger partial charge < -0.3 is 15.8 Å². The van der Waals surface area contributed by atoms with Gasteiger partial charge >= 0.3 is 0 Å². The molecule has 0 fully saturated rings. The summed E-state index contributed by atoms with van der Waals surface area (Å²) < 4.78 is 5.81. The SMILES string of the molecule is Cc1ncc(CN=C(N)Nc2cccc(Oc3ccccc3)c2)s1.I. The van der Waals surface area contributed by atoms with E-state index in [0.29, 0.717) is 12.5 Å².